The van der Waals surface area contributed by atoms with Crippen LogP contribution in [0, 0.1) is 0 Å². The lowest BCUT2D eigenvalue weighted by Gasteiger charge is -2.39. The number of rotatable bonds is 4. The minimum atomic E-state index is -1.68. The number of benzene rings is 2. The Balaban J connectivity index is 1.72. The van der Waals surface area contributed by atoms with Crippen LogP contribution >= 0.6 is 0 Å². The zero-order valence-corrected chi connectivity index (χ0v) is 16.3. The lowest BCUT2D eigenvalue weighted by atomic mass is 9.99. The van der Waals surface area contributed by atoms with E-state index in [0.717, 1.165) is 12.1 Å². The van der Waals surface area contributed by atoms with Gasteiger partial charge in [0.15, 0.2) is 16.9 Å². The second-order valence-corrected chi connectivity index (χ2v) is 7.31. The summed E-state index contributed by atoms with van der Waals surface area (Å²) < 4.78 is 16.4. The standard InChI is InChI=1S/C21H20O11/c22-7-16-18(27)19(28)20(29)21(32-16)30-9-4-12(25)17-13(26)6-14(31-15(17)5-9)8-1-2-10(23)11(24)3-8/h1-6,16,18-25,27-29H,7H2/t16?,18-,19-,20?,21+/m0/s1. The van der Waals surface area contributed by atoms with Gasteiger partial charge in [-0.25, -0.2) is 0 Å². The SMILES string of the molecule is O=c1cc(-c2ccc(O)c(O)c2)oc2cc(O[C@@H]3OC(CO)[C@H](O)[C@H](O)C3O)cc(O)c12. The monoisotopic (exact) mass is 448 g/mol. The fourth-order valence-electron chi connectivity index (χ4n) is 3.43. The highest BCUT2D eigenvalue weighted by Crippen LogP contribution is 2.35. The molecule has 170 valence electrons. The highest BCUT2D eigenvalue weighted by Gasteiger charge is 2.44. The summed E-state index contributed by atoms with van der Waals surface area (Å²) >= 11 is 0. The van der Waals surface area contributed by atoms with Crippen LogP contribution in [0.2, 0.25) is 0 Å². The van der Waals surface area contributed by atoms with Crippen molar-refractivity contribution in [2.75, 3.05) is 6.61 Å². The third-order valence-electron chi connectivity index (χ3n) is 5.14. The minimum absolute atomic E-state index is 0.0298. The molecule has 4 rings (SSSR count). The van der Waals surface area contributed by atoms with Crippen LogP contribution in [0.1, 0.15) is 0 Å². The Morgan fingerprint density at radius 3 is 2.31 bits per heavy atom. The van der Waals surface area contributed by atoms with Crippen molar-refractivity contribution in [2.24, 2.45) is 0 Å². The van der Waals surface area contributed by atoms with Crippen molar-refractivity contribution >= 4 is 11.0 Å². The van der Waals surface area contributed by atoms with Crippen LogP contribution in [-0.4, -0.2) is 73.1 Å². The zero-order valence-electron chi connectivity index (χ0n) is 16.3. The summed E-state index contributed by atoms with van der Waals surface area (Å²) in [6, 6.07) is 7.23. The minimum Gasteiger partial charge on any atom is -0.507 e. The van der Waals surface area contributed by atoms with Crippen molar-refractivity contribution < 1.29 is 49.6 Å². The number of phenolic OH excluding ortho intramolecular Hbond substituents is 3. The Labute approximate surface area is 179 Å². The maximum Gasteiger partial charge on any atom is 0.229 e. The van der Waals surface area contributed by atoms with Gasteiger partial charge in [0.25, 0.3) is 0 Å². The highest BCUT2D eigenvalue weighted by atomic mass is 16.7. The van der Waals surface area contributed by atoms with Crippen LogP contribution in [-0.2, 0) is 4.74 Å². The first-order valence-corrected chi connectivity index (χ1v) is 9.50. The van der Waals surface area contributed by atoms with Gasteiger partial charge in [-0.05, 0) is 18.2 Å². The van der Waals surface area contributed by atoms with Crippen LogP contribution in [0.3, 0.4) is 0 Å². The number of aromatic hydroxyl groups is 3. The molecule has 0 amide bonds. The van der Waals surface area contributed by atoms with Gasteiger partial charge in [-0.3, -0.25) is 4.79 Å². The second kappa shape index (κ2) is 8.30. The topological polar surface area (TPSA) is 190 Å². The summed E-state index contributed by atoms with van der Waals surface area (Å²) in [5.74, 6) is -1.34. The molecule has 2 unspecified atom stereocenters. The summed E-state index contributed by atoms with van der Waals surface area (Å²) in [4.78, 5) is 12.5. The maximum absolute atomic E-state index is 12.5. The quantitative estimate of drug-likeness (QED) is 0.261. The third kappa shape index (κ3) is 3.83. The van der Waals surface area contributed by atoms with E-state index in [0.29, 0.717) is 0 Å². The van der Waals surface area contributed by atoms with E-state index < -0.39 is 54.2 Å². The maximum atomic E-state index is 12.5. The van der Waals surface area contributed by atoms with Crippen molar-refractivity contribution in [1.29, 1.82) is 0 Å². The molecule has 2 heterocycles. The van der Waals surface area contributed by atoms with E-state index in [4.69, 9.17) is 13.9 Å². The molecule has 11 nitrogen and oxygen atoms in total. The number of phenols is 3. The summed E-state index contributed by atoms with van der Waals surface area (Å²) in [7, 11) is 0. The van der Waals surface area contributed by atoms with Gasteiger partial charge in [-0.1, -0.05) is 0 Å². The predicted molar refractivity (Wildman–Crippen MR) is 107 cm³/mol. The lowest BCUT2D eigenvalue weighted by Crippen LogP contribution is -2.60. The van der Waals surface area contributed by atoms with Crippen LogP contribution < -0.4 is 10.2 Å². The van der Waals surface area contributed by atoms with E-state index in [1.54, 1.807) is 0 Å². The third-order valence-corrected chi connectivity index (χ3v) is 5.14. The van der Waals surface area contributed by atoms with Crippen LogP contribution in [0.5, 0.6) is 23.0 Å². The second-order valence-electron chi connectivity index (χ2n) is 7.31. The molecule has 11 heteroatoms. The van der Waals surface area contributed by atoms with Gasteiger partial charge in [0.1, 0.15) is 52.6 Å². The number of aliphatic hydroxyl groups excluding tert-OH is 4. The average molecular weight is 448 g/mol. The number of hydrogen-bond acceptors (Lipinski definition) is 11. The van der Waals surface area contributed by atoms with Gasteiger partial charge in [-0.15, -0.1) is 0 Å². The van der Waals surface area contributed by atoms with Crippen molar-refractivity contribution in [1.82, 2.24) is 0 Å². The van der Waals surface area contributed by atoms with E-state index in [1.165, 1.54) is 24.3 Å². The number of fused-ring (bicyclic) bond motifs is 1. The Hall–Kier alpha value is -3.35. The molecular weight excluding hydrogens is 428 g/mol. The molecule has 0 aliphatic carbocycles. The normalized spacial score (nSPS) is 25.7. The molecular formula is C21H20O11. The van der Waals surface area contributed by atoms with E-state index in [9.17, 15) is 40.5 Å². The first kappa shape index (κ1) is 21.9. The van der Waals surface area contributed by atoms with Gasteiger partial charge < -0.3 is 49.6 Å². The molecule has 0 radical (unpaired) electrons. The molecule has 1 aromatic heterocycles. The van der Waals surface area contributed by atoms with Gasteiger partial charge in [0.2, 0.25) is 6.29 Å². The van der Waals surface area contributed by atoms with Crippen molar-refractivity contribution in [3.63, 3.8) is 0 Å². The van der Waals surface area contributed by atoms with Crippen molar-refractivity contribution in [3.8, 4) is 34.3 Å². The Morgan fingerprint density at radius 1 is 0.875 bits per heavy atom. The molecule has 3 aromatic rings. The summed E-state index contributed by atoms with van der Waals surface area (Å²) in [6.45, 7) is -0.647. The van der Waals surface area contributed by atoms with E-state index >= 15 is 0 Å². The van der Waals surface area contributed by atoms with Gasteiger partial charge in [0, 0.05) is 23.8 Å². The van der Waals surface area contributed by atoms with Gasteiger partial charge in [-0.2, -0.15) is 0 Å². The number of hydrogen-bond donors (Lipinski definition) is 7. The Morgan fingerprint density at radius 2 is 1.62 bits per heavy atom. The zero-order chi connectivity index (χ0) is 23.2. The lowest BCUT2D eigenvalue weighted by molar-refractivity contribution is -0.277. The first-order chi connectivity index (χ1) is 15.2. The number of ether oxygens (including phenoxy) is 2. The molecule has 0 bridgehead atoms. The molecule has 32 heavy (non-hydrogen) atoms. The largest absolute Gasteiger partial charge is 0.507 e. The Kier molecular flexibility index (Phi) is 5.67. The summed E-state index contributed by atoms with van der Waals surface area (Å²) in [5, 5.41) is 68.5. The van der Waals surface area contributed by atoms with Crippen LogP contribution in [0.15, 0.2) is 45.6 Å². The van der Waals surface area contributed by atoms with Crippen molar-refractivity contribution in [2.45, 2.75) is 30.7 Å². The molecule has 5 atom stereocenters. The molecule has 2 aromatic carbocycles. The number of aliphatic hydroxyl groups is 4. The van der Waals surface area contributed by atoms with E-state index in [1.807, 2.05) is 0 Å². The fraction of sp³-hybridized carbons (Fsp3) is 0.286. The van der Waals surface area contributed by atoms with E-state index in [2.05, 4.69) is 0 Å². The van der Waals surface area contributed by atoms with Gasteiger partial charge >= 0.3 is 0 Å². The fourth-order valence-corrected chi connectivity index (χ4v) is 3.43. The highest BCUT2D eigenvalue weighted by molar-refractivity contribution is 5.86. The molecule has 1 saturated heterocycles. The van der Waals surface area contributed by atoms with Gasteiger partial charge in [0.05, 0.1) is 6.61 Å². The summed E-state index contributed by atoms with van der Waals surface area (Å²) in [6.07, 6.45) is -7.61. The van der Waals surface area contributed by atoms with Crippen molar-refractivity contribution in [3.05, 3.63) is 46.6 Å². The molecule has 1 aliphatic rings. The Bertz CT molecular complexity index is 1200. The predicted octanol–water partition coefficient (Wildman–Crippen LogP) is -0.245. The molecule has 0 spiro atoms. The van der Waals surface area contributed by atoms with Crippen LogP contribution in [0.4, 0.5) is 0 Å². The van der Waals surface area contributed by atoms with E-state index in [-0.39, 0.29) is 33.8 Å². The smallest absolute Gasteiger partial charge is 0.229 e. The molecule has 7 N–H and O–H groups in total. The molecule has 0 saturated carbocycles. The summed E-state index contributed by atoms with van der Waals surface area (Å²) in [5.41, 5.74) is -0.413. The molecule has 1 aliphatic heterocycles. The average Bonchev–Trinajstić information content (AvgIpc) is 2.75. The first-order valence-electron chi connectivity index (χ1n) is 9.50. The van der Waals surface area contributed by atoms with Crippen LogP contribution in [0.25, 0.3) is 22.3 Å². The molecule has 1 fully saturated rings.